The maximum atomic E-state index is 12.4. The van der Waals surface area contributed by atoms with E-state index in [2.05, 4.69) is 10.6 Å². The molecule has 34 heavy (non-hydrogen) atoms. The zero-order valence-electron chi connectivity index (χ0n) is 19.1. The fourth-order valence-electron chi connectivity index (χ4n) is 4.73. The van der Waals surface area contributed by atoms with E-state index < -0.39 is 5.97 Å². The van der Waals surface area contributed by atoms with E-state index in [1.165, 1.54) is 5.56 Å². The molecule has 6 nitrogen and oxygen atoms in total. The molecule has 1 aliphatic carbocycles. The summed E-state index contributed by atoms with van der Waals surface area (Å²) in [5.41, 5.74) is 2.54. The monoisotopic (exact) mass is 458 g/mol. The summed E-state index contributed by atoms with van der Waals surface area (Å²) in [7, 11) is 0. The fourth-order valence-corrected chi connectivity index (χ4v) is 4.73. The molecule has 3 N–H and O–H groups in total. The van der Waals surface area contributed by atoms with Crippen molar-refractivity contribution in [1.29, 1.82) is 0 Å². The number of hydrogen-bond acceptors (Lipinski definition) is 3. The molecule has 6 heteroatoms. The van der Waals surface area contributed by atoms with E-state index in [1.54, 1.807) is 6.07 Å². The zero-order valence-corrected chi connectivity index (χ0v) is 19.1. The van der Waals surface area contributed by atoms with Gasteiger partial charge >= 0.3 is 5.97 Å². The first-order valence-electron chi connectivity index (χ1n) is 11.9. The van der Waals surface area contributed by atoms with Gasteiger partial charge in [-0.1, -0.05) is 42.5 Å². The lowest BCUT2D eigenvalue weighted by molar-refractivity contribution is -0.138. The van der Waals surface area contributed by atoms with Crippen molar-refractivity contribution in [2.45, 2.75) is 44.4 Å². The summed E-state index contributed by atoms with van der Waals surface area (Å²) in [6.07, 6.45) is 4.34. The number of fused-ring (bicyclic) bond motifs is 1. The summed E-state index contributed by atoms with van der Waals surface area (Å²) < 4.78 is 0. The summed E-state index contributed by atoms with van der Waals surface area (Å²) in [4.78, 5) is 35.6. The van der Waals surface area contributed by atoms with Crippen LogP contribution in [-0.2, 0) is 9.59 Å². The smallest absolute Gasteiger partial charge is 0.303 e. The molecule has 3 aromatic carbocycles. The summed E-state index contributed by atoms with van der Waals surface area (Å²) in [5, 5.41) is 16.7. The van der Waals surface area contributed by atoms with Gasteiger partial charge in [-0.15, -0.1) is 0 Å². The highest BCUT2D eigenvalue weighted by Gasteiger charge is 2.24. The molecule has 2 amide bonds. The van der Waals surface area contributed by atoms with Crippen LogP contribution in [0.4, 0.5) is 5.69 Å². The van der Waals surface area contributed by atoms with Crippen LogP contribution >= 0.6 is 0 Å². The number of carbonyl (C=O) groups excluding carboxylic acids is 2. The predicted octanol–water partition coefficient (Wildman–Crippen LogP) is 5.35. The molecule has 0 aromatic heterocycles. The van der Waals surface area contributed by atoms with Gasteiger partial charge in [-0.25, -0.2) is 0 Å². The molecule has 0 unspecified atom stereocenters. The number of carboxylic acids is 1. The van der Waals surface area contributed by atoms with Gasteiger partial charge in [0.25, 0.3) is 5.91 Å². The van der Waals surface area contributed by atoms with E-state index in [9.17, 15) is 14.4 Å². The SMILES string of the molecule is O=C(O)C[C@H]1CC[C@H](c2ccc(NC(=O)CCNC(=O)c3ccc4ccccc4c3)cc2)CC1. The van der Waals surface area contributed by atoms with Crippen LogP contribution in [0.25, 0.3) is 10.8 Å². The van der Waals surface area contributed by atoms with Crippen LogP contribution in [-0.4, -0.2) is 29.4 Å². The molecule has 0 aliphatic heterocycles. The standard InChI is InChI=1S/C28H30N2O4/c31-26(15-16-29-28(34)24-10-9-20-3-1-2-4-23(20)18-24)30-25-13-11-22(12-14-25)21-7-5-19(6-8-21)17-27(32)33/h1-4,9-14,18-19,21H,5-8,15-17H2,(H,29,34)(H,30,31)(H,32,33)/t19-,21-. The summed E-state index contributed by atoms with van der Waals surface area (Å²) in [5.74, 6) is -0.326. The highest BCUT2D eigenvalue weighted by molar-refractivity contribution is 5.99. The number of carbonyl (C=O) groups is 3. The lowest BCUT2D eigenvalue weighted by atomic mass is 9.77. The second-order valence-corrected chi connectivity index (χ2v) is 9.05. The second kappa shape index (κ2) is 11.0. The second-order valence-electron chi connectivity index (χ2n) is 9.05. The molecule has 0 radical (unpaired) electrons. The van der Waals surface area contributed by atoms with Crippen molar-refractivity contribution in [3.8, 4) is 0 Å². The number of nitrogens with one attached hydrogen (secondary N) is 2. The Bertz CT molecular complexity index is 1160. The van der Waals surface area contributed by atoms with Gasteiger partial charge in [0, 0.05) is 30.6 Å². The fraction of sp³-hybridized carbons (Fsp3) is 0.321. The van der Waals surface area contributed by atoms with Crippen molar-refractivity contribution in [2.24, 2.45) is 5.92 Å². The van der Waals surface area contributed by atoms with Gasteiger partial charge in [0.05, 0.1) is 0 Å². The van der Waals surface area contributed by atoms with Crippen LogP contribution in [0.3, 0.4) is 0 Å². The molecule has 0 spiro atoms. The first-order chi connectivity index (χ1) is 16.5. The van der Waals surface area contributed by atoms with Gasteiger partial charge < -0.3 is 15.7 Å². The summed E-state index contributed by atoms with van der Waals surface area (Å²) in [6, 6.07) is 21.3. The molecule has 0 atom stereocenters. The lowest BCUT2D eigenvalue weighted by Gasteiger charge is -2.28. The van der Waals surface area contributed by atoms with Crippen LogP contribution in [0.1, 0.15) is 60.4 Å². The van der Waals surface area contributed by atoms with E-state index in [0.717, 1.165) is 42.1 Å². The normalized spacial score (nSPS) is 17.8. The van der Waals surface area contributed by atoms with Crippen molar-refractivity contribution < 1.29 is 19.5 Å². The number of amides is 2. The van der Waals surface area contributed by atoms with Crippen molar-refractivity contribution in [2.75, 3.05) is 11.9 Å². The van der Waals surface area contributed by atoms with Crippen molar-refractivity contribution in [3.05, 3.63) is 77.9 Å². The highest BCUT2D eigenvalue weighted by Crippen LogP contribution is 2.37. The average molecular weight is 459 g/mol. The van der Waals surface area contributed by atoms with E-state index >= 15 is 0 Å². The largest absolute Gasteiger partial charge is 0.481 e. The lowest BCUT2D eigenvalue weighted by Crippen LogP contribution is -2.27. The Hall–Kier alpha value is -3.67. The van der Waals surface area contributed by atoms with Gasteiger partial charge in [-0.05, 0) is 78.1 Å². The van der Waals surface area contributed by atoms with Gasteiger partial charge in [0.15, 0.2) is 0 Å². The summed E-state index contributed by atoms with van der Waals surface area (Å²) >= 11 is 0. The molecule has 3 aromatic rings. The minimum absolute atomic E-state index is 0.152. The molecule has 0 saturated heterocycles. The van der Waals surface area contributed by atoms with E-state index in [4.69, 9.17) is 5.11 Å². The predicted molar refractivity (Wildman–Crippen MR) is 133 cm³/mol. The number of hydrogen-bond donors (Lipinski definition) is 3. The molecule has 176 valence electrons. The Morgan fingerprint density at radius 1 is 0.853 bits per heavy atom. The molecule has 0 bridgehead atoms. The first-order valence-corrected chi connectivity index (χ1v) is 11.9. The van der Waals surface area contributed by atoms with E-state index in [-0.39, 0.29) is 37.1 Å². The number of rotatable bonds is 8. The topological polar surface area (TPSA) is 95.5 Å². The molecule has 0 heterocycles. The third-order valence-electron chi connectivity index (χ3n) is 6.63. The molecular formula is C28H30N2O4. The van der Waals surface area contributed by atoms with Gasteiger partial charge in [0.1, 0.15) is 0 Å². The molecular weight excluding hydrogens is 428 g/mol. The van der Waals surface area contributed by atoms with Crippen LogP contribution in [0.5, 0.6) is 0 Å². The Kier molecular flexibility index (Phi) is 7.58. The molecule has 4 rings (SSSR count). The van der Waals surface area contributed by atoms with Gasteiger partial charge in [0.2, 0.25) is 5.91 Å². The van der Waals surface area contributed by atoms with E-state index in [0.29, 0.717) is 11.5 Å². The Morgan fingerprint density at radius 3 is 2.26 bits per heavy atom. The van der Waals surface area contributed by atoms with Gasteiger partial charge in [-0.3, -0.25) is 14.4 Å². The maximum Gasteiger partial charge on any atom is 0.303 e. The van der Waals surface area contributed by atoms with Crippen molar-refractivity contribution in [3.63, 3.8) is 0 Å². The van der Waals surface area contributed by atoms with Gasteiger partial charge in [-0.2, -0.15) is 0 Å². The molecule has 1 fully saturated rings. The third kappa shape index (κ3) is 6.22. The molecule has 1 aliphatic rings. The maximum absolute atomic E-state index is 12.4. The number of benzene rings is 3. The van der Waals surface area contributed by atoms with Crippen LogP contribution in [0.2, 0.25) is 0 Å². The Labute approximate surface area is 199 Å². The molecule has 1 saturated carbocycles. The van der Waals surface area contributed by atoms with Crippen molar-refractivity contribution in [1.82, 2.24) is 5.32 Å². The quantitative estimate of drug-likeness (QED) is 0.424. The number of anilines is 1. The first kappa shape index (κ1) is 23.5. The zero-order chi connectivity index (χ0) is 23.9. The number of carboxylic acid groups (broad SMARTS) is 1. The Morgan fingerprint density at radius 2 is 1.56 bits per heavy atom. The minimum Gasteiger partial charge on any atom is -0.481 e. The van der Waals surface area contributed by atoms with Crippen LogP contribution in [0, 0.1) is 5.92 Å². The minimum atomic E-state index is -0.711. The van der Waals surface area contributed by atoms with Crippen LogP contribution in [0.15, 0.2) is 66.7 Å². The highest BCUT2D eigenvalue weighted by atomic mass is 16.4. The van der Waals surface area contributed by atoms with Crippen LogP contribution < -0.4 is 10.6 Å². The Balaban J connectivity index is 1.21. The third-order valence-corrected chi connectivity index (χ3v) is 6.63. The number of aliphatic carboxylic acids is 1. The van der Waals surface area contributed by atoms with Crippen molar-refractivity contribution >= 4 is 34.2 Å². The average Bonchev–Trinajstić information content (AvgIpc) is 2.84. The summed E-state index contributed by atoms with van der Waals surface area (Å²) in [6.45, 7) is 0.259. The van der Waals surface area contributed by atoms with E-state index in [1.807, 2.05) is 60.7 Å².